The van der Waals surface area contributed by atoms with E-state index in [9.17, 15) is 14.9 Å². The maximum Gasteiger partial charge on any atom is 0.271 e. The van der Waals surface area contributed by atoms with Gasteiger partial charge in [-0.1, -0.05) is 0 Å². The Hall–Kier alpha value is -2.11. The minimum Gasteiger partial charge on any atom is -0.384 e. The number of anilines is 1. The molecule has 0 unspecified atom stereocenters. The molecule has 6 nitrogen and oxygen atoms in total. The molecule has 0 bridgehead atoms. The monoisotopic (exact) mass is 251 g/mol. The van der Waals surface area contributed by atoms with Crippen molar-refractivity contribution in [2.24, 2.45) is 0 Å². The smallest absolute Gasteiger partial charge is 0.271 e. The molecular weight excluding hydrogens is 234 g/mol. The molecule has 0 radical (unpaired) electrons. The molecule has 2 N–H and O–H groups in total. The van der Waals surface area contributed by atoms with Crippen LogP contribution in [-0.4, -0.2) is 23.9 Å². The summed E-state index contributed by atoms with van der Waals surface area (Å²) in [5, 5.41) is 16.4. The Balaban J connectivity index is 2.57. The molecule has 1 aromatic carbocycles. The molecule has 1 amide bonds. The van der Waals surface area contributed by atoms with Crippen LogP contribution in [0.2, 0.25) is 0 Å². The van der Waals surface area contributed by atoms with Crippen LogP contribution in [0.25, 0.3) is 0 Å². The van der Waals surface area contributed by atoms with E-state index in [0.29, 0.717) is 25.2 Å². The summed E-state index contributed by atoms with van der Waals surface area (Å²) < 4.78 is 0. The predicted molar refractivity (Wildman–Crippen MR) is 69.6 cm³/mol. The first-order valence-corrected chi connectivity index (χ1v) is 5.79. The Morgan fingerprint density at radius 3 is 2.72 bits per heavy atom. The normalized spacial score (nSPS) is 9.89. The summed E-state index contributed by atoms with van der Waals surface area (Å²) in [4.78, 5) is 21.5. The van der Waals surface area contributed by atoms with E-state index in [1.807, 2.05) is 13.0 Å². The fourth-order valence-corrected chi connectivity index (χ4v) is 1.58. The molecule has 0 saturated carbocycles. The van der Waals surface area contributed by atoms with Crippen LogP contribution < -0.4 is 10.6 Å². The Labute approximate surface area is 106 Å². The van der Waals surface area contributed by atoms with Gasteiger partial charge in [-0.15, -0.1) is 0 Å². The predicted octanol–water partition coefficient (Wildman–Crippen LogP) is 1.84. The van der Waals surface area contributed by atoms with Crippen molar-refractivity contribution >= 4 is 17.3 Å². The fraction of sp³-hybridized carbons (Fsp3) is 0.417. The quantitative estimate of drug-likeness (QED) is 0.597. The molecule has 0 aliphatic carbocycles. The van der Waals surface area contributed by atoms with Gasteiger partial charge in [0.2, 0.25) is 5.91 Å². The number of nitrogens with one attached hydrogen (secondary N) is 2. The van der Waals surface area contributed by atoms with Gasteiger partial charge in [0.05, 0.1) is 4.92 Å². The number of hydrogen-bond acceptors (Lipinski definition) is 4. The summed E-state index contributed by atoms with van der Waals surface area (Å²) in [5.74, 6) is -0.0350. The standard InChI is InChI=1S/C12H17N3O3/c1-3-13-12(16)4-5-14-10-6-9(2)7-11(8-10)15(17)18/h6-8,14H,3-5H2,1-2H3,(H,13,16). The zero-order valence-corrected chi connectivity index (χ0v) is 10.5. The molecule has 0 spiro atoms. The topological polar surface area (TPSA) is 84.3 Å². The third-order valence-corrected chi connectivity index (χ3v) is 2.33. The van der Waals surface area contributed by atoms with Crippen molar-refractivity contribution in [3.8, 4) is 0 Å². The van der Waals surface area contributed by atoms with Gasteiger partial charge in [0.15, 0.2) is 0 Å². The number of nitro benzene ring substituents is 1. The number of non-ortho nitro benzene ring substituents is 1. The van der Waals surface area contributed by atoms with Crippen molar-refractivity contribution in [3.63, 3.8) is 0 Å². The van der Waals surface area contributed by atoms with Crippen LogP contribution in [-0.2, 0) is 4.79 Å². The molecular formula is C12H17N3O3. The Morgan fingerprint density at radius 2 is 2.11 bits per heavy atom. The lowest BCUT2D eigenvalue weighted by atomic mass is 10.2. The highest BCUT2D eigenvalue weighted by molar-refractivity contribution is 5.76. The van der Waals surface area contributed by atoms with E-state index in [1.54, 1.807) is 6.92 Å². The van der Waals surface area contributed by atoms with Crippen LogP contribution in [0.3, 0.4) is 0 Å². The zero-order chi connectivity index (χ0) is 13.5. The number of aryl methyl sites for hydroxylation is 1. The van der Waals surface area contributed by atoms with Gasteiger partial charge in [-0.3, -0.25) is 14.9 Å². The van der Waals surface area contributed by atoms with E-state index < -0.39 is 4.92 Å². The highest BCUT2D eigenvalue weighted by Gasteiger charge is 2.08. The lowest BCUT2D eigenvalue weighted by Gasteiger charge is -2.07. The lowest BCUT2D eigenvalue weighted by molar-refractivity contribution is -0.384. The number of amides is 1. The van der Waals surface area contributed by atoms with Crippen LogP contribution in [0.5, 0.6) is 0 Å². The maximum atomic E-state index is 11.2. The van der Waals surface area contributed by atoms with Crippen LogP contribution in [0, 0.1) is 17.0 Å². The number of nitro groups is 1. The molecule has 0 heterocycles. The molecule has 1 aromatic rings. The summed E-state index contributed by atoms with van der Waals surface area (Å²) in [6.07, 6.45) is 0.343. The summed E-state index contributed by atoms with van der Waals surface area (Å²) in [7, 11) is 0. The van der Waals surface area contributed by atoms with Crippen molar-refractivity contribution in [2.45, 2.75) is 20.3 Å². The summed E-state index contributed by atoms with van der Waals surface area (Å²) in [6.45, 7) is 4.71. The second kappa shape index (κ2) is 6.58. The number of hydrogen-bond donors (Lipinski definition) is 2. The summed E-state index contributed by atoms with van der Waals surface area (Å²) >= 11 is 0. The largest absolute Gasteiger partial charge is 0.384 e. The molecule has 0 aromatic heterocycles. The molecule has 0 saturated heterocycles. The number of carbonyl (C=O) groups excluding carboxylic acids is 1. The van der Waals surface area contributed by atoms with Crippen molar-refractivity contribution in [3.05, 3.63) is 33.9 Å². The highest BCUT2D eigenvalue weighted by Crippen LogP contribution is 2.20. The highest BCUT2D eigenvalue weighted by atomic mass is 16.6. The number of carbonyl (C=O) groups is 1. The average molecular weight is 251 g/mol. The first kappa shape index (κ1) is 14.0. The van der Waals surface area contributed by atoms with Crippen molar-refractivity contribution in [1.82, 2.24) is 5.32 Å². The fourth-order valence-electron chi connectivity index (χ4n) is 1.58. The number of benzene rings is 1. The van der Waals surface area contributed by atoms with Crippen LogP contribution in [0.15, 0.2) is 18.2 Å². The van der Waals surface area contributed by atoms with E-state index in [2.05, 4.69) is 10.6 Å². The number of nitrogens with zero attached hydrogens (tertiary/aromatic N) is 1. The van der Waals surface area contributed by atoms with Gasteiger partial charge in [0.25, 0.3) is 5.69 Å². The van der Waals surface area contributed by atoms with Crippen molar-refractivity contribution in [1.29, 1.82) is 0 Å². The second-order valence-corrected chi connectivity index (χ2v) is 3.94. The molecule has 0 aliphatic heterocycles. The Kier molecular flexibility index (Phi) is 5.10. The van der Waals surface area contributed by atoms with Gasteiger partial charge >= 0.3 is 0 Å². The van der Waals surface area contributed by atoms with Gasteiger partial charge in [0.1, 0.15) is 0 Å². The van der Waals surface area contributed by atoms with Gasteiger partial charge in [-0.2, -0.15) is 0 Å². The third-order valence-electron chi connectivity index (χ3n) is 2.33. The third kappa shape index (κ3) is 4.40. The SMILES string of the molecule is CCNC(=O)CCNc1cc(C)cc([N+](=O)[O-])c1. The average Bonchev–Trinajstić information content (AvgIpc) is 2.28. The Bertz CT molecular complexity index is 446. The van der Waals surface area contributed by atoms with E-state index in [1.165, 1.54) is 12.1 Å². The van der Waals surface area contributed by atoms with E-state index in [4.69, 9.17) is 0 Å². The van der Waals surface area contributed by atoms with Gasteiger partial charge in [-0.05, 0) is 25.5 Å². The Morgan fingerprint density at radius 1 is 1.39 bits per heavy atom. The molecule has 0 aliphatic rings. The summed E-state index contributed by atoms with van der Waals surface area (Å²) in [5.41, 5.74) is 1.52. The van der Waals surface area contributed by atoms with E-state index >= 15 is 0 Å². The molecule has 18 heavy (non-hydrogen) atoms. The first-order valence-electron chi connectivity index (χ1n) is 5.79. The minimum atomic E-state index is -0.429. The van der Waals surface area contributed by atoms with Crippen LogP contribution in [0.4, 0.5) is 11.4 Å². The molecule has 0 fully saturated rings. The summed E-state index contributed by atoms with van der Waals surface area (Å²) in [6, 6.07) is 4.78. The minimum absolute atomic E-state index is 0.0350. The van der Waals surface area contributed by atoms with Gasteiger partial charge in [0, 0.05) is 37.3 Å². The maximum absolute atomic E-state index is 11.2. The van der Waals surface area contributed by atoms with Gasteiger partial charge < -0.3 is 10.6 Å². The molecule has 98 valence electrons. The first-order chi connectivity index (χ1) is 8.52. The second-order valence-electron chi connectivity index (χ2n) is 3.94. The zero-order valence-electron chi connectivity index (χ0n) is 10.5. The number of rotatable bonds is 6. The molecule has 0 atom stereocenters. The van der Waals surface area contributed by atoms with E-state index in [0.717, 1.165) is 5.56 Å². The van der Waals surface area contributed by atoms with Crippen LogP contribution in [0.1, 0.15) is 18.9 Å². The molecule has 6 heteroatoms. The van der Waals surface area contributed by atoms with Gasteiger partial charge in [-0.25, -0.2) is 0 Å². The van der Waals surface area contributed by atoms with Crippen molar-refractivity contribution < 1.29 is 9.72 Å². The van der Waals surface area contributed by atoms with Crippen LogP contribution >= 0.6 is 0 Å². The molecule has 1 rings (SSSR count). The van der Waals surface area contributed by atoms with Crippen molar-refractivity contribution in [2.75, 3.05) is 18.4 Å². The lowest BCUT2D eigenvalue weighted by Crippen LogP contribution is -2.24. The van der Waals surface area contributed by atoms with E-state index in [-0.39, 0.29) is 11.6 Å².